The Morgan fingerprint density at radius 1 is 1.22 bits per heavy atom. The molecule has 98 valence electrons. The van der Waals surface area contributed by atoms with Crippen LogP contribution >= 0.6 is 12.4 Å². The van der Waals surface area contributed by atoms with Crippen molar-refractivity contribution < 1.29 is 0 Å². The fourth-order valence-electron chi connectivity index (χ4n) is 3.21. The van der Waals surface area contributed by atoms with Crippen LogP contribution in [0.5, 0.6) is 0 Å². The summed E-state index contributed by atoms with van der Waals surface area (Å²) in [5.41, 5.74) is 9.08. The summed E-state index contributed by atoms with van der Waals surface area (Å²) in [7, 11) is 2.10. The van der Waals surface area contributed by atoms with Crippen LogP contribution in [-0.2, 0) is 7.05 Å². The maximum Gasteiger partial charge on any atom is 0.0481 e. The molecule has 1 saturated carbocycles. The van der Waals surface area contributed by atoms with Crippen LogP contribution < -0.4 is 5.73 Å². The minimum absolute atomic E-state index is 0. The quantitative estimate of drug-likeness (QED) is 0.879. The van der Waals surface area contributed by atoms with Crippen molar-refractivity contribution in [1.29, 1.82) is 0 Å². The molecular formula is C15H21ClN2. The maximum atomic E-state index is 6.47. The highest BCUT2D eigenvalue weighted by molar-refractivity contribution is 5.85. The van der Waals surface area contributed by atoms with E-state index in [1.54, 1.807) is 0 Å². The lowest BCUT2D eigenvalue weighted by molar-refractivity contribution is 0.446. The number of aromatic nitrogens is 1. The summed E-state index contributed by atoms with van der Waals surface area (Å²) in [4.78, 5) is 0. The fourth-order valence-corrected chi connectivity index (χ4v) is 3.21. The Hall–Kier alpha value is -0.990. The third-order valence-corrected chi connectivity index (χ3v) is 4.19. The van der Waals surface area contributed by atoms with Gasteiger partial charge >= 0.3 is 0 Å². The topological polar surface area (TPSA) is 30.9 Å². The predicted molar refractivity (Wildman–Crippen MR) is 79.1 cm³/mol. The number of nitrogens with two attached hydrogens (primary N) is 1. The van der Waals surface area contributed by atoms with Crippen molar-refractivity contribution in [3.05, 3.63) is 36.0 Å². The number of rotatable bonds is 2. The van der Waals surface area contributed by atoms with Crippen molar-refractivity contribution in [3.8, 4) is 0 Å². The number of benzene rings is 1. The van der Waals surface area contributed by atoms with Gasteiger partial charge in [0.05, 0.1) is 0 Å². The van der Waals surface area contributed by atoms with Crippen LogP contribution in [0.15, 0.2) is 30.5 Å². The summed E-state index contributed by atoms with van der Waals surface area (Å²) in [6, 6.07) is 8.77. The highest BCUT2D eigenvalue weighted by atomic mass is 35.5. The molecule has 1 fully saturated rings. The largest absolute Gasteiger partial charge is 0.350 e. The van der Waals surface area contributed by atoms with Gasteiger partial charge in [-0.25, -0.2) is 0 Å². The standard InChI is InChI=1S/C15H20N2.ClH/c1-17-10-13(12-8-4-5-9-14(12)17)15(16)11-6-2-3-7-11;/h4-5,8-11,15H,2-3,6-7,16H2,1H3;1H/t15-;/m1./s1. The van der Waals surface area contributed by atoms with E-state index >= 15 is 0 Å². The fraction of sp³-hybridized carbons (Fsp3) is 0.467. The van der Waals surface area contributed by atoms with E-state index in [1.807, 2.05) is 0 Å². The van der Waals surface area contributed by atoms with Crippen LogP contribution in [0.4, 0.5) is 0 Å². The first-order chi connectivity index (χ1) is 8.27. The van der Waals surface area contributed by atoms with Crippen LogP contribution in [0.25, 0.3) is 10.9 Å². The van der Waals surface area contributed by atoms with E-state index in [-0.39, 0.29) is 18.4 Å². The van der Waals surface area contributed by atoms with Gasteiger partial charge in [-0.2, -0.15) is 0 Å². The number of halogens is 1. The van der Waals surface area contributed by atoms with Gasteiger partial charge in [-0.15, -0.1) is 12.4 Å². The first kappa shape index (κ1) is 13.4. The van der Waals surface area contributed by atoms with E-state index < -0.39 is 0 Å². The lowest BCUT2D eigenvalue weighted by Gasteiger charge is -2.18. The molecule has 0 spiro atoms. The molecule has 0 unspecified atom stereocenters. The average molecular weight is 265 g/mol. The van der Waals surface area contributed by atoms with E-state index in [0.717, 1.165) is 0 Å². The second kappa shape index (κ2) is 5.33. The summed E-state index contributed by atoms with van der Waals surface area (Å²) in [5, 5.41) is 1.33. The number of nitrogens with zero attached hydrogens (tertiary/aromatic N) is 1. The third kappa shape index (κ3) is 2.15. The summed E-state index contributed by atoms with van der Waals surface area (Å²) >= 11 is 0. The van der Waals surface area contributed by atoms with Crippen LogP contribution in [0.3, 0.4) is 0 Å². The zero-order valence-electron chi connectivity index (χ0n) is 10.8. The molecule has 18 heavy (non-hydrogen) atoms. The minimum Gasteiger partial charge on any atom is -0.350 e. The molecule has 1 aliphatic rings. The monoisotopic (exact) mass is 264 g/mol. The molecule has 1 aliphatic carbocycles. The predicted octanol–water partition coefficient (Wildman–Crippen LogP) is 3.79. The van der Waals surface area contributed by atoms with Gasteiger partial charge in [-0.1, -0.05) is 31.0 Å². The van der Waals surface area contributed by atoms with Crippen LogP contribution in [0.1, 0.15) is 37.3 Å². The Balaban J connectivity index is 0.00000120. The molecule has 1 heterocycles. The Kier molecular flexibility index (Phi) is 3.98. The van der Waals surface area contributed by atoms with Crippen molar-refractivity contribution in [2.75, 3.05) is 0 Å². The van der Waals surface area contributed by atoms with Crippen LogP contribution in [0.2, 0.25) is 0 Å². The molecule has 0 aliphatic heterocycles. The molecule has 0 radical (unpaired) electrons. The molecular weight excluding hydrogens is 244 g/mol. The second-order valence-electron chi connectivity index (χ2n) is 5.28. The Labute approximate surface area is 115 Å². The first-order valence-corrected chi connectivity index (χ1v) is 6.57. The first-order valence-electron chi connectivity index (χ1n) is 6.57. The number of fused-ring (bicyclic) bond motifs is 1. The van der Waals surface area contributed by atoms with Crippen LogP contribution in [-0.4, -0.2) is 4.57 Å². The molecule has 2 aromatic rings. The van der Waals surface area contributed by atoms with Crippen molar-refractivity contribution >= 4 is 23.3 Å². The number of para-hydroxylation sites is 1. The Morgan fingerprint density at radius 3 is 2.61 bits per heavy atom. The van der Waals surface area contributed by atoms with E-state index in [2.05, 4.69) is 42.1 Å². The summed E-state index contributed by atoms with van der Waals surface area (Å²) in [6.45, 7) is 0. The van der Waals surface area contributed by atoms with Crippen molar-refractivity contribution in [2.45, 2.75) is 31.7 Å². The lowest BCUT2D eigenvalue weighted by atomic mass is 9.92. The van der Waals surface area contributed by atoms with Gasteiger partial charge in [0, 0.05) is 30.2 Å². The maximum absolute atomic E-state index is 6.47. The smallest absolute Gasteiger partial charge is 0.0481 e. The lowest BCUT2D eigenvalue weighted by Crippen LogP contribution is -2.18. The SMILES string of the molecule is Cl.Cn1cc([C@H](N)C2CCCC2)c2ccccc21. The van der Waals surface area contributed by atoms with Crippen molar-refractivity contribution in [2.24, 2.45) is 18.7 Å². The molecule has 3 rings (SSSR count). The van der Waals surface area contributed by atoms with Gasteiger partial charge in [0.25, 0.3) is 0 Å². The van der Waals surface area contributed by atoms with Gasteiger partial charge in [0.2, 0.25) is 0 Å². The molecule has 1 aromatic heterocycles. The van der Waals surface area contributed by atoms with Gasteiger partial charge in [-0.3, -0.25) is 0 Å². The summed E-state index contributed by atoms with van der Waals surface area (Å²) < 4.78 is 2.19. The van der Waals surface area contributed by atoms with Gasteiger partial charge < -0.3 is 10.3 Å². The van der Waals surface area contributed by atoms with E-state index in [0.29, 0.717) is 5.92 Å². The molecule has 3 heteroatoms. The zero-order valence-corrected chi connectivity index (χ0v) is 11.6. The van der Waals surface area contributed by atoms with Crippen LogP contribution in [0, 0.1) is 5.92 Å². The van der Waals surface area contributed by atoms with Crippen molar-refractivity contribution in [3.63, 3.8) is 0 Å². The highest BCUT2D eigenvalue weighted by Gasteiger charge is 2.25. The third-order valence-electron chi connectivity index (χ3n) is 4.19. The zero-order chi connectivity index (χ0) is 11.8. The second-order valence-corrected chi connectivity index (χ2v) is 5.28. The summed E-state index contributed by atoms with van der Waals surface area (Å²) in [6.07, 6.45) is 7.51. The van der Waals surface area contributed by atoms with Crippen molar-refractivity contribution in [1.82, 2.24) is 4.57 Å². The molecule has 0 bridgehead atoms. The molecule has 0 amide bonds. The highest BCUT2D eigenvalue weighted by Crippen LogP contribution is 2.37. The van der Waals surface area contributed by atoms with Gasteiger partial charge in [-0.05, 0) is 30.4 Å². The van der Waals surface area contributed by atoms with Gasteiger partial charge in [0.15, 0.2) is 0 Å². The molecule has 0 saturated heterocycles. The number of hydrogen-bond acceptors (Lipinski definition) is 1. The van der Waals surface area contributed by atoms with E-state index in [9.17, 15) is 0 Å². The van der Waals surface area contributed by atoms with E-state index in [4.69, 9.17) is 5.73 Å². The number of aryl methyl sites for hydroxylation is 1. The average Bonchev–Trinajstić information content (AvgIpc) is 2.97. The molecule has 2 nitrogen and oxygen atoms in total. The normalized spacial score (nSPS) is 17.9. The Bertz CT molecular complexity index is 526. The molecule has 1 aromatic carbocycles. The number of hydrogen-bond donors (Lipinski definition) is 1. The molecule has 1 atom stereocenters. The molecule has 2 N–H and O–H groups in total. The van der Waals surface area contributed by atoms with Gasteiger partial charge in [0.1, 0.15) is 0 Å². The minimum atomic E-state index is 0. The Morgan fingerprint density at radius 2 is 1.89 bits per heavy atom. The van der Waals surface area contributed by atoms with E-state index in [1.165, 1.54) is 42.1 Å². The summed E-state index contributed by atoms with van der Waals surface area (Å²) in [5.74, 6) is 0.681.